The summed E-state index contributed by atoms with van der Waals surface area (Å²) in [5.41, 5.74) is -0.132. The number of aromatic carboxylic acids is 1. The van der Waals surface area contributed by atoms with E-state index in [4.69, 9.17) is 4.74 Å². The van der Waals surface area contributed by atoms with E-state index in [1.54, 1.807) is 12.1 Å². The van der Waals surface area contributed by atoms with Crippen LogP contribution in [0.1, 0.15) is 34.2 Å². The Bertz CT molecular complexity index is 1170. The van der Waals surface area contributed by atoms with Crippen molar-refractivity contribution in [2.24, 2.45) is 0 Å². The minimum atomic E-state index is -1.30. The number of carbonyl (C=O) groups is 3. The molecule has 1 heterocycles. The summed E-state index contributed by atoms with van der Waals surface area (Å²) in [6.07, 6.45) is 0.714. The number of aromatic nitrogens is 2. The number of nitrogens with zero attached hydrogens (tertiary/aromatic N) is 2. The van der Waals surface area contributed by atoms with E-state index < -0.39 is 29.9 Å². The van der Waals surface area contributed by atoms with Crippen molar-refractivity contribution in [3.63, 3.8) is 0 Å². The Balaban J connectivity index is 1.77. The van der Waals surface area contributed by atoms with Gasteiger partial charge in [-0.1, -0.05) is 25.1 Å². The van der Waals surface area contributed by atoms with Crippen LogP contribution in [0.3, 0.4) is 0 Å². The maximum absolute atomic E-state index is 12.6. The first-order valence-electron chi connectivity index (χ1n) is 9.21. The number of hydrogen-bond acceptors (Lipinski definition) is 6. The van der Waals surface area contributed by atoms with Crippen molar-refractivity contribution >= 4 is 34.3 Å². The smallest absolute Gasteiger partial charge is 0.357 e. The van der Waals surface area contributed by atoms with Gasteiger partial charge in [0.25, 0.3) is 5.56 Å². The number of carboxylic acid groups (broad SMARTS) is 1. The van der Waals surface area contributed by atoms with Crippen molar-refractivity contribution < 1.29 is 24.2 Å². The number of anilines is 1. The Morgan fingerprint density at radius 1 is 1.07 bits per heavy atom. The molecule has 0 atom stereocenters. The summed E-state index contributed by atoms with van der Waals surface area (Å²) in [4.78, 5) is 48.2. The minimum absolute atomic E-state index is 0.160. The predicted octanol–water partition coefficient (Wildman–Crippen LogP) is 2.30. The molecular weight excluding hydrogens is 390 g/mol. The molecule has 3 aromatic rings. The van der Waals surface area contributed by atoms with Crippen LogP contribution in [0, 0.1) is 0 Å². The fraction of sp³-hybridized carbons (Fsp3) is 0.190. The molecule has 0 unspecified atom stereocenters. The van der Waals surface area contributed by atoms with Crippen LogP contribution in [0.25, 0.3) is 10.8 Å². The van der Waals surface area contributed by atoms with E-state index in [1.807, 2.05) is 6.92 Å². The fourth-order valence-electron chi connectivity index (χ4n) is 2.80. The molecule has 0 saturated heterocycles. The maximum atomic E-state index is 12.6. The highest BCUT2D eigenvalue weighted by atomic mass is 16.5. The van der Waals surface area contributed by atoms with Crippen molar-refractivity contribution in [2.45, 2.75) is 19.9 Å². The number of hydrogen-bond donors (Lipinski definition) is 2. The molecule has 154 valence electrons. The quantitative estimate of drug-likeness (QED) is 0.573. The third-order valence-corrected chi connectivity index (χ3v) is 4.21. The number of carbonyl (C=O) groups excluding carboxylic acids is 2. The van der Waals surface area contributed by atoms with Crippen molar-refractivity contribution in [1.82, 2.24) is 9.78 Å². The molecule has 0 aliphatic heterocycles. The number of amides is 1. The Morgan fingerprint density at radius 3 is 2.37 bits per heavy atom. The average molecular weight is 409 g/mol. The third-order valence-electron chi connectivity index (χ3n) is 4.21. The highest BCUT2D eigenvalue weighted by molar-refractivity contribution is 6.01. The molecule has 0 bridgehead atoms. The summed E-state index contributed by atoms with van der Waals surface area (Å²) in [6.45, 7) is 1.74. The van der Waals surface area contributed by atoms with Crippen LogP contribution < -0.4 is 10.9 Å². The monoisotopic (exact) mass is 409 g/mol. The lowest BCUT2D eigenvalue weighted by atomic mass is 10.1. The van der Waals surface area contributed by atoms with Gasteiger partial charge in [-0.2, -0.15) is 5.10 Å². The third kappa shape index (κ3) is 4.52. The maximum Gasteiger partial charge on any atom is 0.357 e. The topological polar surface area (TPSA) is 128 Å². The standard InChI is InChI=1S/C21H19N3O6/c1-2-11-30-21(29)13-7-9-14(10-8-13)22-17(25)12-24-19(26)16-6-4-3-5-15(16)18(23-24)20(27)28/h3-10H,2,11-12H2,1H3,(H,22,25)(H,27,28). The second-order valence-electron chi connectivity index (χ2n) is 6.42. The van der Waals surface area contributed by atoms with Crippen LogP contribution in [-0.4, -0.2) is 39.3 Å². The summed E-state index contributed by atoms with van der Waals surface area (Å²) in [7, 11) is 0. The van der Waals surface area contributed by atoms with E-state index in [0.29, 0.717) is 24.3 Å². The molecule has 1 aromatic heterocycles. The zero-order chi connectivity index (χ0) is 21.7. The van der Waals surface area contributed by atoms with Gasteiger partial charge in [0.15, 0.2) is 5.69 Å². The van der Waals surface area contributed by atoms with E-state index in [9.17, 15) is 24.3 Å². The normalized spacial score (nSPS) is 10.6. The zero-order valence-electron chi connectivity index (χ0n) is 16.1. The molecule has 1 amide bonds. The van der Waals surface area contributed by atoms with Crippen LogP contribution in [0.5, 0.6) is 0 Å². The predicted molar refractivity (Wildman–Crippen MR) is 109 cm³/mol. The van der Waals surface area contributed by atoms with Gasteiger partial charge in [-0.25, -0.2) is 14.3 Å². The second kappa shape index (κ2) is 8.99. The number of rotatable bonds is 7. The largest absolute Gasteiger partial charge is 0.476 e. The summed E-state index contributed by atoms with van der Waals surface area (Å²) < 4.78 is 5.85. The summed E-state index contributed by atoms with van der Waals surface area (Å²) in [5.74, 6) is -2.33. The van der Waals surface area contributed by atoms with E-state index in [1.165, 1.54) is 36.4 Å². The molecule has 0 radical (unpaired) electrons. The summed E-state index contributed by atoms with van der Waals surface area (Å²) >= 11 is 0. The lowest BCUT2D eigenvalue weighted by Gasteiger charge is -2.10. The highest BCUT2D eigenvalue weighted by Gasteiger charge is 2.17. The molecule has 0 spiro atoms. The number of ether oxygens (including phenoxy) is 1. The summed E-state index contributed by atoms with van der Waals surface area (Å²) in [5, 5.41) is 16.2. The van der Waals surface area contributed by atoms with Crippen LogP contribution >= 0.6 is 0 Å². The van der Waals surface area contributed by atoms with Gasteiger partial charge >= 0.3 is 11.9 Å². The van der Waals surface area contributed by atoms with Gasteiger partial charge < -0.3 is 15.2 Å². The van der Waals surface area contributed by atoms with Gasteiger partial charge in [0, 0.05) is 11.1 Å². The van der Waals surface area contributed by atoms with E-state index in [-0.39, 0.29) is 16.5 Å². The molecule has 9 heteroatoms. The Kier molecular flexibility index (Phi) is 6.21. The highest BCUT2D eigenvalue weighted by Crippen LogP contribution is 2.14. The van der Waals surface area contributed by atoms with Gasteiger partial charge in [-0.15, -0.1) is 0 Å². The Morgan fingerprint density at radius 2 is 1.73 bits per heavy atom. The number of carboxylic acids is 1. The van der Waals surface area contributed by atoms with Gasteiger partial charge in [0.05, 0.1) is 17.6 Å². The molecule has 30 heavy (non-hydrogen) atoms. The van der Waals surface area contributed by atoms with E-state index in [2.05, 4.69) is 10.4 Å². The number of esters is 1. The second-order valence-corrected chi connectivity index (χ2v) is 6.42. The van der Waals surface area contributed by atoms with Crippen LogP contribution in [0.2, 0.25) is 0 Å². The van der Waals surface area contributed by atoms with Crippen molar-refractivity contribution in [3.05, 3.63) is 70.1 Å². The molecule has 0 saturated carbocycles. The first kappa shape index (κ1) is 20.7. The van der Waals surface area contributed by atoms with Gasteiger partial charge in [0.1, 0.15) is 6.54 Å². The van der Waals surface area contributed by atoms with Gasteiger partial charge in [-0.3, -0.25) is 9.59 Å². The van der Waals surface area contributed by atoms with Crippen molar-refractivity contribution in [2.75, 3.05) is 11.9 Å². The molecule has 0 aliphatic rings. The number of nitrogens with one attached hydrogen (secondary N) is 1. The zero-order valence-corrected chi connectivity index (χ0v) is 16.1. The molecule has 0 aliphatic carbocycles. The lowest BCUT2D eigenvalue weighted by molar-refractivity contribution is -0.117. The molecule has 0 fully saturated rings. The van der Waals surface area contributed by atoms with Crippen LogP contribution in [-0.2, 0) is 16.1 Å². The van der Waals surface area contributed by atoms with E-state index in [0.717, 1.165) is 4.68 Å². The SMILES string of the molecule is CCCOC(=O)c1ccc(NC(=O)Cn2nc(C(=O)O)c3ccccc3c2=O)cc1. The molecule has 2 aromatic carbocycles. The van der Waals surface area contributed by atoms with Gasteiger partial charge in [0.2, 0.25) is 5.91 Å². The molecule has 3 rings (SSSR count). The number of fused-ring (bicyclic) bond motifs is 1. The van der Waals surface area contributed by atoms with E-state index >= 15 is 0 Å². The Hall–Kier alpha value is -4.01. The van der Waals surface area contributed by atoms with Crippen molar-refractivity contribution in [3.8, 4) is 0 Å². The lowest BCUT2D eigenvalue weighted by Crippen LogP contribution is -2.31. The van der Waals surface area contributed by atoms with Crippen LogP contribution in [0.15, 0.2) is 53.3 Å². The van der Waals surface area contributed by atoms with Crippen LogP contribution in [0.4, 0.5) is 5.69 Å². The first-order valence-corrected chi connectivity index (χ1v) is 9.21. The fourth-order valence-corrected chi connectivity index (χ4v) is 2.80. The number of benzene rings is 2. The first-order chi connectivity index (χ1) is 14.4. The molecule has 9 nitrogen and oxygen atoms in total. The average Bonchev–Trinajstić information content (AvgIpc) is 2.74. The van der Waals surface area contributed by atoms with Crippen molar-refractivity contribution in [1.29, 1.82) is 0 Å². The molecule has 2 N–H and O–H groups in total. The Labute approximate surface area is 170 Å². The summed E-state index contributed by atoms with van der Waals surface area (Å²) in [6, 6.07) is 12.3. The van der Waals surface area contributed by atoms with Gasteiger partial charge in [-0.05, 0) is 36.8 Å². The minimum Gasteiger partial charge on any atom is -0.476 e. The molecular formula is C21H19N3O6.